The quantitative estimate of drug-likeness (QED) is 0.393. The first kappa shape index (κ1) is 14.9. The Morgan fingerprint density at radius 2 is 2.06 bits per heavy atom. The van der Waals surface area contributed by atoms with Crippen LogP contribution in [0.25, 0.3) is 0 Å². The molecule has 5 heteroatoms. The highest BCUT2D eigenvalue weighted by atomic mass is 35.5. The van der Waals surface area contributed by atoms with Gasteiger partial charge in [-0.05, 0) is 12.8 Å². The summed E-state index contributed by atoms with van der Waals surface area (Å²) < 4.78 is 10.9. The van der Waals surface area contributed by atoms with E-state index in [-0.39, 0.29) is 12.2 Å². The van der Waals surface area contributed by atoms with Crippen LogP contribution in [0.1, 0.15) is 19.3 Å². The Bertz CT molecular complexity index is 222. The van der Waals surface area contributed by atoms with Gasteiger partial charge in [-0.1, -0.05) is 12.5 Å². The molecule has 0 bridgehead atoms. The summed E-state index contributed by atoms with van der Waals surface area (Å²) in [6.45, 7) is 4.75. The molecule has 17 heavy (non-hydrogen) atoms. The van der Waals surface area contributed by atoms with Gasteiger partial charge in [-0.25, -0.2) is 0 Å². The van der Waals surface area contributed by atoms with Gasteiger partial charge in [0, 0.05) is 17.8 Å². The molecule has 0 spiro atoms. The first-order valence-corrected chi connectivity index (χ1v) is 6.59. The number of unbranched alkanes of at least 4 members (excludes halogenated alkanes) is 1. The third kappa shape index (κ3) is 4.56. The van der Waals surface area contributed by atoms with Crippen molar-refractivity contribution in [1.29, 1.82) is 0 Å². The molecule has 0 radical (unpaired) electrons. The van der Waals surface area contributed by atoms with E-state index in [4.69, 9.17) is 26.8 Å². The molecule has 0 aromatic rings. The second-order valence-electron chi connectivity index (χ2n) is 4.26. The van der Waals surface area contributed by atoms with E-state index in [0.29, 0.717) is 19.1 Å². The highest BCUT2D eigenvalue weighted by molar-refractivity contribution is 6.17. The van der Waals surface area contributed by atoms with Crippen molar-refractivity contribution >= 4 is 11.6 Å². The van der Waals surface area contributed by atoms with Gasteiger partial charge in [-0.2, -0.15) is 0 Å². The van der Waals surface area contributed by atoms with E-state index in [1.165, 1.54) is 0 Å². The molecular formula is C12H22ClNO3. The Hall–Kier alpha value is -0.130. The summed E-state index contributed by atoms with van der Waals surface area (Å²) >= 11 is 5.65. The zero-order chi connectivity index (χ0) is 12.7. The molecule has 3 N–H and O–H groups in total. The van der Waals surface area contributed by atoms with Crippen molar-refractivity contribution < 1.29 is 14.6 Å². The zero-order valence-corrected chi connectivity index (χ0v) is 10.8. The highest BCUT2D eigenvalue weighted by Gasteiger charge is 2.34. The second kappa shape index (κ2) is 8.06. The molecule has 1 aliphatic rings. The van der Waals surface area contributed by atoms with Gasteiger partial charge in [0.25, 0.3) is 0 Å². The number of alkyl halides is 1. The summed E-state index contributed by atoms with van der Waals surface area (Å²) in [4.78, 5) is 0. The van der Waals surface area contributed by atoms with E-state index in [0.717, 1.165) is 19.3 Å². The SMILES string of the molecule is C=C[C@H](N)[C@@H](O)[C@@H](CCCCCl)C1OCCO1. The summed E-state index contributed by atoms with van der Waals surface area (Å²) in [6.07, 6.45) is 3.14. The van der Waals surface area contributed by atoms with E-state index in [1.807, 2.05) is 0 Å². The second-order valence-corrected chi connectivity index (χ2v) is 4.64. The summed E-state index contributed by atoms with van der Waals surface area (Å²) in [7, 11) is 0. The lowest BCUT2D eigenvalue weighted by molar-refractivity contribution is -0.121. The first-order chi connectivity index (χ1) is 8.20. The van der Waals surface area contributed by atoms with Crippen LogP contribution in [0.5, 0.6) is 0 Å². The van der Waals surface area contributed by atoms with Gasteiger partial charge < -0.3 is 20.3 Å². The van der Waals surface area contributed by atoms with Crippen LogP contribution in [0.2, 0.25) is 0 Å². The lowest BCUT2D eigenvalue weighted by atomic mass is 9.91. The number of hydrogen-bond donors (Lipinski definition) is 2. The molecule has 1 fully saturated rings. The standard InChI is InChI=1S/C12H22ClNO3/c1-2-10(14)11(15)9(5-3-4-6-13)12-16-7-8-17-12/h2,9-12,15H,1,3-8,14H2/t9-,10+,11+/m1/s1. The molecule has 100 valence electrons. The molecule has 0 saturated carbocycles. The maximum Gasteiger partial charge on any atom is 0.163 e. The van der Waals surface area contributed by atoms with Crippen molar-refractivity contribution in [2.24, 2.45) is 11.7 Å². The van der Waals surface area contributed by atoms with Gasteiger partial charge >= 0.3 is 0 Å². The van der Waals surface area contributed by atoms with Gasteiger partial charge in [0.2, 0.25) is 0 Å². The Morgan fingerprint density at radius 1 is 1.41 bits per heavy atom. The van der Waals surface area contributed by atoms with Gasteiger partial charge in [0.15, 0.2) is 6.29 Å². The van der Waals surface area contributed by atoms with Crippen molar-refractivity contribution in [3.8, 4) is 0 Å². The molecule has 4 nitrogen and oxygen atoms in total. The number of aliphatic hydroxyl groups is 1. The predicted octanol–water partition coefficient (Wildman–Crippen LogP) is 1.26. The fourth-order valence-electron chi connectivity index (χ4n) is 1.99. The fraction of sp³-hybridized carbons (Fsp3) is 0.833. The minimum atomic E-state index is -0.689. The molecular weight excluding hydrogens is 242 g/mol. The zero-order valence-electron chi connectivity index (χ0n) is 10.1. The van der Waals surface area contributed by atoms with Crippen LogP contribution in [0.4, 0.5) is 0 Å². The lowest BCUT2D eigenvalue weighted by Crippen LogP contribution is -2.43. The van der Waals surface area contributed by atoms with Crippen LogP contribution in [-0.4, -0.2) is 42.6 Å². The number of halogens is 1. The van der Waals surface area contributed by atoms with Crippen LogP contribution in [0, 0.1) is 5.92 Å². The van der Waals surface area contributed by atoms with Crippen LogP contribution in [-0.2, 0) is 9.47 Å². The summed E-state index contributed by atoms with van der Waals surface area (Å²) in [6, 6.07) is -0.455. The molecule has 1 aliphatic heterocycles. The predicted molar refractivity (Wildman–Crippen MR) is 67.9 cm³/mol. The Labute approximate surface area is 108 Å². The maximum absolute atomic E-state index is 10.1. The molecule has 0 unspecified atom stereocenters. The van der Waals surface area contributed by atoms with Crippen LogP contribution >= 0.6 is 11.6 Å². The average molecular weight is 264 g/mol. The lowest BCUT2D eigenvalue weighted by Gasteiger charge is -2.29. The van der Waals surface area contributed by atoms with Gasteiger partial charge in [-0.3, -0.25) is 0 Å². The number of nitrogens with two attached hydrogens (primary N) is 1. The van der Waals surface area contributed by atoms with Crippen molar-refractivity contribution in [2.75, 3.05) is 19.1 Å². The topological polar surface area (TPSA) is 64.7 Å². The first-order valence-electron chi connectivity index (χ1n) is 6.06. The average Bonchev–Trinajstić information content (AvgIpc) is 2.86. The van der Waals surface area contributed by atoms with E-state index in [1.54, 1.807) is 6.08 Å². The molecule has 0 amide bonds. The van der Waals surface area contributed by atoms with Crippen molar-refractivity contribution in [1.82, 2.24) is 0 Å². The van der Waals surface area contributed by atoms with Crippen molar-refractivity contribution in [2.45, 2.75) is 37.7 Å². The minimum Gasteiger partial charge on any atom is -0.391 e. The molecule has 0 aliphatic carbocycles. The summed E-state index contributed by atoms with van der Waals surface area (Å²) in [5.74, 6) is 0.511. The molecule has 1 saturated heterocycles. The third-order valence-corrected chi connectivity index (χ3v) is 3.29. The molecule has 0 aromatic carbocycles. The number of ether oxygens (including phenoxy) is 2. The van der Waals surface area contributed by atoms with Gasteiger partial charge in [0.1, 0.15) is 0 Å². The molecule has 1 rings (SSSR count). The van der Waals surface area contributed by atoms with Crippen LogP contribution < -0.4 is 5.73 Å². The summed E-state index contributed by atoms with van der Waals surface area (Å²) in [5.41, 5.74) is 5.78. The highest BCUT2D eigenvalue weighted by Crippen LogP contribution is 2.25. The largest absolute Gasteiger partial charge is 0.391 e. The van der Waals surface area contributed by atoms with E-state index >= 15 is 0 Å². The van der Waals surface area contributed by atoms with Crippen molar-refractivity contribution in [3.63, 3.8) is 0 Å². The van der Waals surface area contributed by atoms with Crippen molar-refractivity contribution in [3.05, 3.63) is 12.7 Å². The van der Waals surface area contributed by atoms with Gasteiger partial charge in [-0.15, -0.1) is 18.2 Å². The Morgan fingerprint density at radius 3 is 2.59 bits per heavy atom. The van der Waals surface area contributed by atoms with E-state index < -0.39 is 12.1 Å². The molecule has 3 atom stereocenters. The van der Waals surface area contributed by atoms with Crippen LogP contribution in [0.3, 0.4) is 0 Å². The minimum absolute atomic E-state index is 0.117. The number of rotatable bonds is 8. The van der Waals surface area contributed by atoms with E-state index in [2.05, 4.69) is 6.58 Å². The third-order valence-electron chi connectivity index (χ3n) is 3.02. The Kier molecular flexibility index (Phi) is 7.08. The van der Waals surface area contributed by atoms with Gasteiger partial charge in [0.05, 0.1) is 19.3 Å². The molecule has 1 heterocycles. The maximum atomic E-state index is 10.1. The normalized spacial score (nSPS) is 22.3. The summed E-state index contributed by atoms with van der Waals surface area (Å²) in [5, 5.41) is 10.1. The number of aliphatic hydroxyl groups excluding tert-OH is 1. The smallest absolute Gasteiger partial charge is 0.163 e. The fourth-order valence-corrected chi connectivity index (χ4v) is 2.18. The Balaban J connectivity index is 2.53. The molecule has 0 aromatic heterocycles. The van der Waals surface area contributed by atoms with E-state index in [9.17, 15) is 5.11 Å². The monoisotopic (exact) mass is 263 g/mol. The van der Waals surface area contributed by atoms with Crippen LogP contribution in [0.15, 0.2) is 12.7 Å². The number of hydrogen-bond acceptors (Lipinski definition) is 4.